The van der Waals surface area contributed by atoms with Crippen LogP contribution in [0.5, 0.6) is 0 Å². The molecule has 1 atom stereocenters. The van der Waals surface area contributed by atoms with Gasteiger partial charge in [0.15, 0.2) is 16.4 Å². The van der Waals surface area contributed by atoms with Crippen LogP contribution in [0.1, 0.15) is 33.9 Å². The van der Waals surface area contributed by atoms with E-state index in [0.29, 0.717) is 12.1 Å². The Kier molecular flexibility index (Phi) is 7.14. The summed E-state index contributed by atoms with van der Waals surface area (Å²) in [4.78, 5) is 35.9. The van der Waals surface area contributed by atoms with Crippen LogP contribution in [0.3, 0.4) is 0 Å². The Morgan fingerprint density at radius 2 is 1.68 bits per heavy atom. The molecule has 0 fully saturated rings. The van der Waals surface area contributed by atoms with Gasteiger partial charge in [0.1, 0.15) is 4.90 Å². The molecular formula is C29H23N3O7S. The number of carbonyl (C=O) groups excluding carboxylic acids is 2. The van der Waals surface area contributed by atoms with E-state index in [0.717, 1.165) is 46.4 Å². The molecule has 1 aliphatic heterocycles. The van der Waals surface area contributed by atoms with Gasteiger partial charge in [0.25, 0.3) is 11.6 Å². The molecule has 0 aromatic heterocycles. The standard InChI is InChI=1S/C29H23N3O7S/c1-40(37,38)27-14-13-23(16-26(27)32(35)36)29(34)39-18-28(33)31-25(20-8-3-2-4-9-20)17-24(30-31)22-12-11-19-7-5-6-10-21(19)15-22/h2-16,25H,17-18H2,1H3. The van der Waals surface area contributed by atoms with Crippen molar-refractivity contribution in [2.45, 2.75) is 17.4 Å². The monoisotopic (exact) mass is 557 g/mol. The number of carbonyl (C=O) groups is 2. The van der Waals surface area contributed by atoms with Crippen molar-refractivity contribution in [1.82, 2.24) is 5.01 Å². The minimum Gasteiger partial charge on any atom is -0.452 e. The molecule has 0 aliphatic carbocycles. The number of hydrazone groups is 1. The van der Waals surface area contributed by atoms with Crippen LogP contribution in [0.2, 0.25) is 0 Å². The van der Waals surface area contributed by atoms with Gasteiger partial charge in [-0.3, -0.25) is 14.9 Å². The molecule has 0 bridgehead atoms. The minimum atomic E-state index is -3.90. The highest BCUT2D eigenvalue weighted by Crippen LogP contribution is 2.33. The number of ether oxygens (including phenoxy) is 1. The minimum absolute atomic E-state index is 0.256. The van der Waals surface area contributed by atoms with Crippen LogP contribution in [-0.4, -0.2) is 48.8 Å². The van der Waals surface area contributed by atoms with E-state index in [1.54, 1.807) is 0 Å². The molecule has 0 saturated heterocycles. The Morgan fingerprint density at radius 3 is 2.38 bits per heavy atom. The van der Waals surface area contributed by atoms with Gasteiger partial charge in [0.2, 0.25) is 0 Å². The average molecular weight is 558 g/mol. The summed E-state index contributed by atoms with van der Waals surface area (Å²) in [5.41, 5.74) is 1.41. The summed E-state index contributed by atoms with van der Waals surface area (Å²) in [6, 6.07) is 25.7. The summed E-state index contributed by atoms with van der Waals surface area (Å²) < 4.78 is 28.9. The van der Waals surface area contributed by atoms with Crippen molar-refractivity contribution in [3.05, 3.63) is 118 Å². The number of benzene rings is 4. The maximum Gasteiger partial charge on any atom is 0.338 e. The quantitative estimate of drug-likeness (QED) is 0.183. The zero-order valence-electron chi connectivity index (χ0n) is 21.3. The van der Waals surface area contributed by atoms with Gasteiger partial charge in [0.05, 0.1) is 22.2 Å². The Bertz CT molecular complexity index is 1790. The third-order valence-corrected chi connectivity index (χ3v) is 7.69. The highest BCUT2D eigenvalue weighted by molar-refractivity contribution is 7.90. The lowest BCUT2D eigenvalue weighted by Gasteiger charge is -2.21. The maximum atomic E-state index is 13.3. The second-order valence-corrected chi connectivity index (χ2v) is 11.2. The predicted octanol–water partition coefficient (Wildman–Crippen LogP) is 4.69. The smallest absolute Gasteiger partial charge is 0.338 e. The first-order chi connectivity index (χ1) is 19.1. The number of nitro groups is 1. The third kappa shape index (κ3) is 5.45. The van der Waals surface area contributed by atoms with Crippen molar-refractivity contribution in [3.63, 3.8) is 0 Å². The van der Waals surface area contributed by atoms with E-state index in [-0.39, 0.29) is 5.56 Å². The Labute approximate surface area is 229 Å². The number of amides is 1. The number of fused-ring (bicyclic) bond motifs is 1. The van der Waals surface area contributed by atoms with Crippen LogP contribution in [-0.2, 0) is 19.4 Å². The van der Waals surface area contributed by atoms with E-state index in [1.165, 1.54) is 5.01 Å². The molecular weight excluding hydrogens is 534 g/mol. The molecule has 202 valence electrons. The molecule has 0 radical (unpaired) electrons. The summed E-state index contributed by atoms with van der Waals surface area (Å²) in [5, 5.41) is 19.4. The van der Waals surface area contributed by atoms with Crippen LogP contribution < -0.4 is 0 Å². The number of rotatable bonds is 7. The number of sulfone groups is 1. The van der Waals surface area contributed by atoms with Crippen molar-refractivity contribution in [2.24, 2.45) is 5.10 Å². The predicted molar refractivity (Wildman–Crippen MR) is 148 cm³/mol. The molecule has 4 aromatic carbocycles. The topological polar surface area (TPSA) is 136 Å². The summed E-state index contributed by atoms with van der Waals surface area (Å²) in [5.74, 6) is -1.59. The van der Waals surface area contributed by atoms with Crippen LogP contribution in [0, 0.1) is 10.1 Å². The normalized spacial score (nSPS) is 15.1. The molecule has 0 N–H and O–H groups in total. The fourth-order valence-electron chi connectivity index (χ4n) is 4.60. The molecule has 10 nitrogen and oxygen atoms in total. The number of nitro benzene ring substituents is 1. The number of nitrogens with zero attached hydrogens (tertiary/aromatic N) is 3. The van der Waals surface area contributed by atoms with E-state index in [2.05, 4.69) is 5.10 Å². The lowest BCUT2D eigenvalue weighted by Crippen LogP contribution is -2.31. The largest absolute Gasteiger partial charge is 0.452 e. The Balaban J connectivity index is 1.38. The van der Waals surface area contributed by atoms with Crippen LogP contribution in [0.15, 0.2) is 101 Å². The molecule has 0 saturated carbocycles. The molecule has 0 spiro atoms. The van der Waals surface area contributed by atoms with Crippen molar-refractivity contribution in [1.29, 1.82) is 0 Å². The first kappa shape index (κ1) is 26.7. The highest BCUT2D eigenvalue weighted by atomic mass is 32.2. The molecule has 11 heteroatoms. The Hall–Kier alpha value is -4.90. The van der Waals surface area contributed by atoms with Gasteiger partial charge in [-0.05, 0) is 40.1 Å². The van der Waals surface area contributed by atoms with Gasteiger partial charge in [-0.2, -0.15) is 5.10 Å². The van der Waals surface area contributed by atoms with Gasteiger partial charge < -0.3 is 4.74 Å². The lowest BCUT2D eigenvalue weighted by molar-refractivity contribution is -0.387. The van der Waals surface area contributed by atoms with Crippen molar-refractivity contribution in [3.8, 4) is 0 Å². The van der Waals surface area contributed by atoms with Crippen molar-refractivity contribution in [2.75, 3.05) is 12.9 Å². The number of esters is 1. The zero-order valence-corrected chi connectivity index (χ0v) is 22.1. The SMILES string of the molecule is CS(=O)(=O)c1ccc(C(=O)OCC(=O)N2N=C(c3ccc4ccccc4c3)CC2c2ccccc2)cc1[N+](=O)[O-]. The summed E-state index contributed by atoms with van der Waals surface area (Å²) in [6.45, 7) is -0.668. The van der Waals surface area contributed by atoms with E-state index in [4.69, 9.17) is 4.74 Å². The van der Waals surface area contributed by atoms with Gasteiger partial charge >= 0.3 is 5.97 Å². The maximum absolute atomic E-state index is 13.3. The second kappa shape index (κ2) is 10.7. The van der Waals surface area contributed by atoms with E-state index in [9.17, 15) is 28.1 Å². The molecule has 5 rings (SSSR count). The van der Waals surface area contributed by atoms with E-state index in [1.807, 2.05) is 72.8 Å². The van der Waals surface area contributed by atoms with Gasteiger partial charge in [-0.15, -0.1) is 0 Å². The molecule has 40 heavy (non-hydrogen) atoms. The van der Waals surface area contributed by atoms with E-state index >= 15 is 0 Å². The fourth-order valence-corrected chi connectivity index (χ4v) is 5.42. The average Bonchev–Trinajstić information content (AvgIpc) is 3.41. The molecule has 1 heterocycles. The molecule has 4 aromatic rings. The second-order valence-electron chi connectivity index (χ2n) is 9.27. The molecule has 1 amide bonds. The number of hydrogen-bond acceptors (Lipinski definition) is 8. The fraction of sp³-hybridized carbons (Fsp3) is 0.138. The first-order valence-electron chi connectivity index (χ1n) is 12.2. The van der Waals surface area contributed by atoms with Gasteiger partial charge in [-0.25, -0.2) is 18.2 Å². The highest BCUT2D eigenvalue weighted by Gasteiger charge is 2.34. The van der Waals surface area contributed by atoms with E-state index < -0.39 is 49.9 Å². The van der Waals surface area contributed by atoms with Crippen LogP contribution in [0.25, 0.3) is 10.8 Å². The van der Waals surface area contributed by atoms with Gasteiger partial charge in [-0.1, -0.05) is 66.7 Å². The lowest BCUT2D eigenvalue weighted by atomic mass is 9.97. The summed E-state index contributed by atoms with van der Waals surface area (Å²) >= 11 is 0. The third-order valence-electron chi connectivity index (χ3n) is 6.55. The number of hydrogen-bond donors (Lipinski definition) is 0. The van der Waals surface area contributed by atoms with Crippen molar-refractivity contribution >= 4 is 43.9 Å². The summed E-state index contributed by atoms with van der Waals surface area (Å²) in [7, 11) is -3.90. The van der Waals surface area contributed by atoms with Crippen molar-refractivity contribution < 1.29 is 27.7 Å². The Morgan fingerprint density at radius 1 is 0.975 bits per heavy atom. The van der Waals surface area contributed by atoms with Crippen LogP contribution in [0.4, 0.5) is 5.69 Å². The van der Waals surface area contributed by atoms with Crippen LogP contribution >= 0.6 is 0 Å². The molecule has 1 aliphatic rings. The first-order valence-corrected chi connectivity index (χ1v) is 14.1. The van der Waals surface area contributed by atoms with Gasteiger partial charge in [0, 0.05) is 18.7 Å². The summed E-state index contributed by atoms with van der Waals surface area (Å²) in [6.07, 6.45) is 1.28. The zero-order chi connectivity index (χ0) is 28.4. The molecule has 1 unspecified atom stereocenters.